The van der Waals surface area contributed by atoms with Gasteiger partial charge < -0.3 is 10.1 Å². The van der Waals surface area contributed by atoms with Crippen molar-refractivity contribution in [2.75, 3.05) is 30.5 Å². The molecule has 0 saturated carbocycles. The monoisotopic (exact) mass is 431 g/mol. The summed E-state index contributed by atoms with van der Waals surface area (Å²) < 4.78 is 29.0. The molecular weight excluding hydrogens is 406 g/mol. The average molecular weight is 432 g/mol. The molecule has 30 heavy (non-hydrogen) atoms. The molecular formula is C21H25N3O5S. The Hall–Kier alpha value is -2.91. The minimum absolute atomic E-state index is 0.00659. The number of carbonyl (C=O) groups is 2. The lowest BCUT2D eigenvalue weighted by Crippen LogP contribution is -2.45. The van der Waals surface area contributed by atoms with Crippen molar-refractivity contribution in [3.05, 3.63) is 60.2 Å². The molecule has 1 fully saturated rings. The smallest absolute Gasteiger partial charge is 0.325 e. The highest BCUT2D eigenvalue weighted by Gasteiger charge is 2.33. The molecule has 0 spiro atoms. The molecule has 0 aliphatic carbocycles. The molecule has 0 bridgehead atoms. The maximum atomic E-state index is 12.5. The normalized spacial score (nSPS) is 17.5. The molecule has 1 heterocycles. The van der Waals surface area contributed by atoms with Crippen LogP contribution in [0.3, 0.4) is 0 Å². The van der Waals surface area contributed by atoms with Gasteiger partial charge in [0, 0.05) is 18.3 Å². The second-order valence-electron chi connectivity index (χ2n) is 7.18. The summed E-state index contributed by atoms with van der Waals surface area (Å²) in [6, 6.07) is 15.2. The van der Waals surface area contributed by atoms with E-state index in [2.05, 4.69) is 10.6 Å². The molecule has 2 aromatic rings. The molecule has 2 aromatic carbocycles. The number of rotatable bonds is 7. The summed E-state index contributed by atoms with van der Waals surface area (Å²) in [5.41, 5.74) is 1.49. The number of carbonyl (C=O) groups excluding carboxylic acids is 2. The summed E-state index contributed by atoms with van der Waals surface area (Å²) in [6.45, 7) is 0.298. The van der Waals surface area contributed by atoms with E-state index in [0.717, 1.165) is 5.56 Å². The first-order valence-corrected chi connectivity index (χ1v) is 11.4. The van der Waals surface area contributed by atoms with Crippen molar-refractivity contribution in [1.29, 1.82) is 0 Å². The fraction of sp³-hybridized carbons (Fsp3) is 0.333. The molecule has 9 heteroatoms. The molecule has 8 nitrogen and oxygen atoms in total. The van der Waals surface area contributed by atoms with Crippen LogP contribution in [0.25, 0.3) is 0 Å². The number of urea groups is 1. The quantitative estimate of drug-likeness (QED) is 0.695. The van der Waals surface area contributed by atoms with Gasteiger partial charge >= 0.3 is 6.03 Å². The SMILES string of the molecule is COc1ccc(CN(CC(=O)NC(=O)Nc2ccccc2)C2CCS(=O)(=O)C2)cc1. The van der Waals surface area contributed by atoms with Crippen molar-refractivity contribution < 1.29 is 22.7 Å². The first-order valence-electron chi connectivity index (χ1n) is 9.58. The molecule has 3 rings (SSSR count). The van der Waals surface area contributed by atoms with Gasteiger partial charge in [-0.25, -0.2) is 13.2 Å². The summed E-state index contributed by atoms with van der Waals surface area (Å²) in [4.78, 5) is 26.4. The maximum absolute atomic E-state index is 12.5. The van der Waals surface area contributed by atoms with E-state index in [4.69, 9.17) is 4.74 Å². The fourth-order valence-corrected chi connectivity index (χ4v) is 5.14. The number of amides is 3. The lowest BCUT2D eigenvalue weighted by atomic mass is 10.1. The van der Waals surface area contributed by atoms with E-state index in [1.54, 1.807) is 36.3 Å². The number of hydrogen-bond donors (Lipinski definition) is 2. The van der Waals surface area contributed by atoms with Crippen LogP contribution in [0.2, 0.25) is 0 Å². The van der Waals surface area contributed by atoms with Gasteiger partial charge in [-0.3, -0.25) is 15.0 Å². The van der Waals surface area contributed by atoms with Crippen LogP contribution < -0.4 is 15.4 Å². The molecule has 0 aromatic heterocycles. The zero-order valence-corrected chi connectivity index (χ0v) is 17.5. The number of nitrogens with zero attached hydrogens (tertiary/aromatic N) is 1. The van der Waals surface area contributed by atoms with Crippen LogP contribution in [0, 0.1) is 0 Å². The minimum atomic E-state index is -3.12. The number of anilines is 1. The highest BCUT2D eigenvalue weighted by atomic mass is 32.2. The summed E-state index contributed by atoms with van der Waals surface area (Å²) in [7, 11) is -1.54. The molecule has 160 valence electrons. The molecule has 1 aliphatic rings. The predicted molar refractivity (Wildman–Crippen MR) is 114 cm³/mol. The highest BCUT2D eigenvalue weighted by molar-refractivity contribution is 7.91. The topological polar surface area (TPSA) is 105 Å². The van der Waals surface area contributed by atoms with E-state index < -0.39 is 21.8 Å². The van der Waals surface area contributed by atoms with Crippen molar-refractivity contribution in [2.45, 2.75) is 19.0 Å². The average Bonchev–Trinajstić information content (AvgIpc) is 3.08. The third-order valence-corrected chi connectivity index (χ3v) is 6.65. The lowest BCUT2D eigenvalue weighted by molar-refractivity contribution is -0.121. The highest BCUT2D eigenvalue weighted by Crippen LogP contribution is 2.21. The molecule has 1 atom stereocenters. The summed E-state index contributed by atoms with van der Waals surface area (Å²) in [5, 5.41) is 4.90. The Morgan fingerprint density at radius 3 is 2.40 bits per heavy atom. The van der Waals surface area contributed by atoms with E-state index in [1.165, 1.54) is 0 Å². The molecule has 0 radical (unpaired) electrons. The number of benzene rings is 2. The van der Waals surface area contributed by atoms with Gasteiger partial charge in [0.25, 0.3) is 0 Å². The van der Waals surface area contributed by atoms with Crippen molar-refractivity contribution in [2.24, 2.45) is 0 Å². The number of methoxy groups -OCH3 is 1. The Morgan fingerprint density at radius 2 is 1.80 bits per heavy atom. The van der Waals surface area contributed by atoms with Gasteiger partial charge in [0.05, 0.1) is 25.2 Å². The number of imide groups is 1. The first kappa shape index (κ1) is 21.8. The number of sulfone groups is 1. The zero-order chi connectivity index (χ0) is 21.6. The molecule has 3 amide bonds. The van der Waals surface area contributed by atoms with Crippen molar-refractivity contribution in [1.82, 2.24) is 10.2 Å². The molecule has 2 N–H and O–H groups in total. The fourth-order valence-electron chi connectivity index (χ4n) is 3.38. The lowest BCUT2D eigenvalue weighted by Gasteiger charge is -2.27. The third kappa shape index (κ3) is 6.30. The molecule has 1 aliphatic heterocycles. The van der Waals surface area contributed by atoms with Crippen LogP contribution in [-0.2, 0) is 21.2 Å². The zero-order valence-electron chi connectivity index (χ0n) is 16.7. The van der Waals surface area contributed by atoms with Crippen molar-refractivity contribution in [3.8, 4) is 5.75 Å². The van der Waals surface area contributed by atoms with Gasteiger partial charge in [-0.05, 0) is 36.2 Å². The van der Waals surface area contributed by atoms with E-state index in [9.17, 15) is 18.0 Å². The van der Waals surface area contributed by atoms with Crippen LogP contribution >= 0.6 is 0 Å². The van der Waals surface area contributed by atoms with Crippen LogP contribution in [-0.4, -0.2) is 56.5 Å². The van der Waals surface area contributed by atoms with Gasteiger partial charge in [0.1, 0.15) is 5.75 Å². The predicted octanol–water partition coefficient (Wildman–Crippen LogP) is 2.03. The first-order chi connectivity index (χ1) is 14.3. The van der Waals surface area contributed by atoms with E-state index in [0.29, 0.717) is 24.4 Å². The Kier molecular flexibility index (Phi) is 7.07. The second-order valence-corrected chi connectivity index (χ2v) is 9.41. The van der Waals surface area contributed by atoms with Crippen LogP contribution in [0.15, 0.2) is 54.6 Å². The maximum Gasteiger partial charge on any atom is 0.325 e. The molecule has 1 saturated heterocycles. The van der Waals surface area contributed by atoms with Crippen LogP contribution in [0.4, 0.5) is 10.5 Å². The van der Waals surface area contributed by atoms with Gasteiger partial charge in [-0.1, -0.05) is 30.3 Å². The van der Waals surface area contributed by atoms with Gasteiger partial charge in [-0.15, -0.1) is 0 Å². The van der Waals surface area contributed by atoms with Gasteiger partial charge in [-0.2, -0.15) is 0 Å². The number of nitrogens with one attached hydrogen (secondary N) is 2. The van der Waals surface area contributed by atoms with Crippen LogP contribution in [0.5, 0.6) is 5.75 Å². The molecule has 1 unspecified atom stereocenters. The van der Waals surface area contributed by atoms with Crippen LogP contribution in [0.1, 0.15) is 12.0 Å². The largest absolute Gasteiger partial charge is 0.497 e. The van der Waals surface area contributed by atoms with Gasteiger partial charge in [0.15, 0.2) is 9.84 Å². The Balaban J connectivity index is 1.65. The number of ether oxygens (including phenoxy) is 1. The minimum Gasteiger partial charge on any atom is -0.497 e. The standard InChI is InChI=1S/C21H25N3O5S/c1-29-19-9-7-16(8-10-19)13-24(18-11-12-30(27,28)15-18)14-20(25)23-21(26)22-17-5-3-2-4-6-17/h2-10,18H,11-15H2,1H3,(H2,22,23,25,26). The van der Waals surface area contributed by atoms with E-state index in [1.807, 2.05) is 30.3 Å². The van der Waals surface area contributed by atoms with Gasteiger partial charge in [0.2, 0.25) is 5.91 Å². The summed E-state index contributed by atoms with van der Waals surface area (Å²) in [5.74, 6) is 0.324. The Bertz CT molecular complexity index is 977. The summed E-state index contributed by atoms with van der Waals surface area (Å²) >= 11 is 0. The van der Waals surface area contributed by atoms with Crippen molar-refractivity contribution >= 4 is 27.5 Å². The number of para-hydroxylation sites is 1. The second kappa shape index (κ2) is 9.73. The Morgan fingerprint density at radius 1 is 1.10 bits per heavy atom. The van der Waals surface area contributed by atoms with Crippen molar-refractivity contribution in [3.63, 3.8) is 0 Å². The third-order valence-electron chi connectivity index (χ3n) is 4.90. The summed E-state index contributed by atoms with van der Waals surface area (Å²) in [6.07, 6.45) is 0.460. The van der Waals surface area contributed by atoms with E-state index in [-0.39, 0.29) is 24.1 Å². The van der Waals surface area contributed by atoms with E-state index >= 15 is 0 Å². The number of hydrogen-bond acceptors (Lipinski definition) is 6. The Labute approximate surface area is 176 Å².